The molecule has 1 aromatic rings. The number of carboxylic acid groups (broad SMARTS) is 1. The Bertz CT molecular complexity index is 415. The summed E-state index contributed by atoms with van der Waals surface area (Å²) in [6, 6.07) is 0. The molecule has 3 nitrogen and oxygen atoms in total. The number of aromatic nitrogens is 1. The molecule has 0 amide bonds. The van der Waals surface area contributed by atoms with Crippen LogP contribution in [0.2, 0.25) is 5.02 Å². The average Bonchev–Trinajstić information content (AvgIpc) is 2.16. The molecule has 0 unspecified atom stereocenters. The summed E-state index contributed by atoms with van der Waals surface area (Å²) in [4.78, 5) is 14.0. The molecule has 0 atom stereocenters. The van der Waals surface area contributed by atoms with E-state index >= 15 is 0 Å². The summed E-state index contributed by atoms with van der Waals surface area (Å²) >= 11 is 8.81. The Kier molecular flexibility index (Phi) is 4.61. The van der Waals surface area contributed by atoms with E-state index in [1.54, 1.807) is 0 Å². The van der Waals surface area contributed by atoms with E-state index in [0.717, 1.165) is 6.20 Å². The molecule has 0 radical (unpaired) electrons. The smallest absolute Gasteiger partial charge is 0.307 e. The van der Waals surface area contributed by atoms with Crippen LogP contribution in [-0.2, 0) is 16.5 Å². The van der Waals surface area contributed by atoms with Gasteiger partial charge in [0.25, 0.3) is 6.43 Å². The minimum atomic E-state index is -2.77. The van der Waals surface area contributed by atoms with Crippen molar-refractivity contribution in [3.63, 3.8) is 0 Å². The Balaban J connectivity index is 3.23. The molecule has 16 heavy (non-hydrogen) atoms. The van der Waals surface area contributed by atoms with Crippen molar-refractivity contribution >= 4 is 33.5 Å². The number of hydrogen-bond donors (Lipinski definition) is 1. The molecule has 1 aromatic heterocycles. The van der Waals surface area contributed by atoms with Gasteiger partial charge in [-0.25, -0.2) is 8.78 Å². The van der Waals surface area contributed by atoms with Crippen LogP contribution >= 0.6 is 27.5 Å². The van der Waals surface area contributed by atoms with Crippen LogP contribution in [0.15, 0.2) is 6.20 Å². The molecule has 1 heterocycles. The van der Waals surface area contributed by atoms with Gasteiger partial charge in [0.15, 0.2) is 0 Å². The highest BCUT2D eigenvalue weighted by molar-refractivity contribution is 9.08. The molecule has 0 saturated carbocycles. The van der Waals surface area contributed by atoms with Crippen molar-refractivity contribution in [3.05, 3.63) is 28.0 Å². The molecule has 0 bridgehead atoms. The van der Waals surface area contributed by atoms with Gasteiger partial charge >= 0.3 is 5.97 Å². The number of alkyl halides is 3. The van der Waals surface area contributed by atoms with Gasteiger partial charge in [-0.15, -0.1) is 0 Å². The van der Waals surface area contributed by atoms with E-state index in [4.69, 9.17) is 16.7 Å². The molecule has 0 aliphatic heterocycles. The SMILES string of the molecule is O=C(O)Cc1cnc(C(F)F)c(Cl)c1CBr. The van der Waals surface area contributed by atoms with Crippen LogP contribution in [0.3, 0.4) is 0 Å². The monoisotopic (exact) mass is 313 g/mol. The Morgan fingerprint density at radius 2 is 2.25 bits per heavy atom. The van der Waals surface area contributed by atoms with E-state index in [1.165, 1.54) is 0 Å². The number of carbonyl (C=O) groups is 1. The fourth-order valence-electron chi connectivity index (χ4n) is 1.19. The predicted octanol–water partition coefficient (Wildman–Crippen LogP) is 3.19. The number of aliphatic carboxylic acids is 1. The summed E-state index contributed by atoms with van der Waals surface area (Å²) in [6.45, 7) is 0. The standard InChI is InChI=1S/C9H7BrClF2NO2/c10-2-5-4(1-6(15)16)3-14-8(7(5)11)9(12)13/h3,9H,1-2H2,(H,15,16). The average molecular weight is 315 g/mol. The van der Waals surface area contributed by atoms with Crippen molar-refractivity contribution in [2.75, 3.05) is 0 Å². The second-order valence-corrected chi connectivity index (χ2v) is 3.90. The maximum atomic E-state index is 12.5. The molecule has 88 valence electrons. The first-order valence-corrected chi connectivity index (χ1v) is 5.69. The van der Waals surface area contributed by atoms with E-state index in [-0.39, 0.29) is 16.8 Å². The van der Waals surface area contributed by atoms with E-state index in [2.05, 4.69) is 20.9 Å². The van der Waals surface area contributed by atoms with Crippen LogP contribution in [0.1, 0.15) is 23.2 Å². The van der Waals surface area contributed by atoms with Gasteiger partial charge in [-0.2, -0.15) is 0 Å². The number of halogens is 4. The van der Waals surface area contributed by atoms with Crippen molar-refractivity contribution in [2.24, 2.45) is 0 Å². The highest BCUT2D eigenvalue weighted by Crippen LogP contribution is 2.31. The first-order valence-electron chi connectivity index (χ1n) is 4.19. The molecule has 7 heteroatoms. The largest absolute Gasteiger partial charge is 0.481 e. The maximum Gasteiger partial charge on any atom is 0.307 e. The van der Waals surface area contributed by atoms with E-state index in [1.807, 2.05) is 0 Å². The van der Waals surface area contributed by atoms with Gasteiger partial charge in [0.2, 0.25) is 0 Å². The lowest BCUT2D eigenvalue weighted by molar-refractivity contribution is -0.136. The summed E-state index contributed by atoms with van der Waals surface area (Å²) in [5.74, 6) is -1.06. The summed E-state index contributed by atoms with van der Waals surface area (Å²) in [7, 11) is 0. The molecule has 1 rings (SSSR count). The Morgan fingerprint density at radius 1 is 1.62 bits per heavy atom. The molecule has 0 aliphatic carbocycles. The van der Waals surface area contributed by atoms with Gasteiger partial charge in [-0.1, -0.05) is 27.5 Å². The number of rotatable bonds is 4. The fourth-order valence-corrected chi connectivity index (χ4v) is 2.31. The fraction of sp³-hybridized carbons (Fsp3) is 0.333. The highest BCUT2D eigenvalue weighted by atomic mass is 79.9. The molecular formula is C9H7BrClF2NO2. The predicted molar refractivity (Wildman–Crippen MR) is 58.2 cm³/mol. The second kappa shape index (κ2) is 5.54. The summed E-state index contributed by atoms with van der Waals surface area (Å²) in [6.07, 6.45) is -1.95. The Labute approximate surface area is 104 Å². The minimum Gasteiger partial charge on any atom is -0.481 e. The molecule has 0 spiro atoms. The van der Waals surface area contributed by atoms with Gasteiger partial charge in [0.05, 0.1) is 11.4 Å². The zero-order valence-electron chi connectivity index (χ0n) is 7.88. The maximum absolute atomic E-state index is 12.5. The van der Waals surface area contributed by atoms with Gasteiger partial charge in [-0.3, -0.25) is 9.78 Å². The first kappa shape index (κ1) is 13.3. The minimum absolute atomic E-state index is 0.175. The topological polar surface area (TPSA) is 50.2 Å². The van der Waals surface area contributed by atoms with Crippen molar-refractivity contribution in [3.8, 4) is 0 Å². The van der Waals surface area contributed by atoms with Crippen molar-refractivity contribution in [1.82, 2.24) is 4.98 Å². The van der Waals surface area contributed by atoms with E-state index < -0.39 is 18.1 Å². The third-order valence-corrected chi connectivity index (χ3v) is 2.90. The zero-order chi connectivity index (χ0) is 12.3. The van der Waals surface area contributed by atoms with Gasteiger partial charge in [0.1, 0.15) is 5.69 Å². The normalized spacial score (nSPS) is 10.8. The molecular weight excluding hydrogens is 307 g/mol. The van der Waals surface area contributed by atoms with Crippen LogP contribution < -0.4 is 0 Å². The van der Waals surface area contributed by atoms with Crippen LogP contribution in [0.4, 0.5) is 8.78 Å². The number of pyridine rings is 1. The zero-order valence-corrected chi connectivity index (χ0v) is 10.2. The molecule has 0 aliphatic rings. The van der Waals surface area contributed by atoms with Crippen molar-refractivity contribution in [1.29, 1.82) is 0 Å². The quantitative estimate of drug-likeness (QED) is 0.868. The molecule has 0 aromatic carbocycles. The lowest BCUT2D eigenvalue weighted by Crippen LogP contribution is -2.06. The third kappa shape index (κ3) is 2.89. The van der Waals surface area contributed by atoms with Crippen LogP contribution in [0, 0.1) is 0 Å². The second-order valence-electron chi connectivity index (χ2n) is 2.97. The summed E-state index contributed by atoms with van der Waals surface area (Å²) in [5.41, 5.74) is 0.151. The molecule has 1 N–H and O–H groups in total. The van der Waals surface area contributed by atoms with Crippen LogP contribution in [-0.4, -0.2) is 16.1 Å². The van der Waals surface area contributed by atoms with Gasteiger partial charge < -0.3 is 5.11 Å². The lowest BCUT2D eigenvalue weighted by Gasteiger charge is -2.10. The lowest BCUT2D eigenvalue weighted by atomic mass is 10.1. The van der Waals surface area contributed by atoms with Crippen LogP contribution in [0.25, 0.3) is 0 Å². The number of hydrogen-bond acceptors (Lipinski definition) is 2. The summed E-state index contributed by atoms with van der Waals surface area (Å²) in [5, 5.41) is 8.65. The van der Waals surface area contributed by atoms with Gasteiger partial charge in [-0.05, 0) is 11.1 Å². The number of carboxylic acids is 1. The number of nitrogens with zero attached hydrogens (tertiary/aromatic N) is 1. The molecule has 0 saturated heterocycles. The van der Waals surface area contributed by atoms with Crippen molar-refractivity contribution < 1.29 is 18.7 Å². The Morgan fingerprint density at radius 3 is 2.69 bits per heavy atom. The summed E-state index contributed by atoms with van der Waals surface area (Å²) < 4.78 is 24.9. The van der Waals surface area contributed by atoms with Gasteiger partial charge in [0, 0.05) is 11.5 Å². The highest BCUT2D eigenvalue weighted by Gasteiger charge is 2.19. The molecule has 0 fully saturated rings. The van der Waals surface area contributed by atoms with Crippen molar-refractivity contribution in [2.45, 2.75) is 18.2 Å². The first-order chi connectivity index (χ1) is 7.47. The van der Waals surface area contributed by atoms with E-state index in [0.29, 0.717) is 11.1 Å². The Hall–Kier alpha value is -0.750. The van der Waals surface area contributed by atoms with E-state index in [9.17, 15) is 13.6 Å². The third-order valence-electron chi connectivity index (χ3n) is 1.92. The van der Waals surface area contributed by atoms with Crippen LogP contribution in [0.5, 0.6) is 0 Å².